The van der Waals surface area contributed by atoms with Gasteiger partial charge in [-0.15, -0.1) is 0 Å². The van der Waals surface area contributed by atoms with Crippen molar-refractivity contribution in [1.29, 1.82) is 0 Å². The van der Waals surface area contributed by atoms with Crippen LogP contribution in [0.1, 0.15) is 24.2 Å². The molecule has 2 N–H and O–H groups in total. The second-order valence-electron chi connectivity index (χ2n) is 5.38. The number of ether oxygens (including phenoxy) is 2. The van der Waals surface area contributed by atoms with Gasteiger partial charge in [-0.2, -0.15) is 0 Å². The summed E-state index contributed by atoms with van der Waals surface area (Å²) >= 11 is 0. The molecule has 0 fully saturated rings. The van der Waals surface area contributed by atoms with E-state index in [0.717, 1.165) is 0 Å². The number of rotatable bonds is 7. The van der Waals surface area contributed by atoms with Crippen molar-refractivity contribution in [3.05, 3.63) is 65.7 Å². The van der Waals surface area contributed by atoms with Crippen molar-refractivity contribution < 1.29 is 24.2 Å². The van der Waals surface area contributed by atoms with E-state index >= 15 is 0 Å². The molecular formula is C19H19N3O4. The maximum Gasteiger partial charge on any atom is 0.338 e. The van der Waals surface area contributed by atoms with Gasteiger partial charge in [0.25, 0.3) is 5.91 Å². The van der Waals surface area contributed by atoms with Gasteiger partial charge in [-0.05, 0) is 26.0 Å². The highest BCUT2D eigenvalue weighted by molar-refractivity contribution is 6.05. The SMILES string of the molecule is C=C(C)C(=O)Oc1cc(NC(=O)c2ccccc2)c(OCC)cc1[NH+]=[N-]. The summed E-state index contributed by atoms with van der Waals surface area (Å²) in [5.41, 5.74) is 10.4. The number of benzene rings is 2. The van der Waals surface area contributed by atoms with Crippen molar-refractivity contribution in [2.45, 2.75) is 13.8 Å². The van der Waals surface area contributed by atoms with Crippen molar-refractivity contribution in [3.63, 3.8) is 0 Å². The molecule has 0 atom stereocenters. The number of amides is 1. The summed E-state index contributed by atoms with van der Waals surface area (Å²) in [6, 6.07) is 11.5. The van der Waals surface area contributed by atoms with Crippen LogP contribution in [-0.2, 0) is 4.79 Å². The van der Waals surface area contributed by atoms with Crippen molar-refractivity contribution in [3.8, 4) is 11.5 Å². The van der Waals surface area contributed by atoms with E-state index in [1.165, 1.54) is 19.1 Å². The average Bonchev–Trinajstić information content (AvgIpc) is 2.64. The summed E-state index contributed by atoms with van der Waals surface area (Å²) < 4.78 is 10.7. The third-order valence-electron chi connectivity index (χ3n) is 3.34. The number of esters is 1. The van der Waals surface area contributed by atoms with Gasteiger partial charge < -0.3 is 20.3 Å². The normalized spacial score (nSPS) is 9.92. The Labute approximate surface area is 151 Å². The number of nitrogens with one attached hydrogen (secondary N) is 2. The predicted molar refractivity (Wildman–Crippen MR) is 96.4 cm³/mol. The van der Waals surface area contributed by atoms with Gasteiger partial charge in [0.2, 0.25) is 11.4 Å². The molecule has 2 aromatic rings. The highest BCUT2D eigenvalue weighted by atomic mass is 16.5. The molecule has 0 spiro atoms. The molecule has 2 aromatic carbocycles. The zero-order chi connectivity index (χ0) is 19.1. The van der Waals surface area contributed by atoms with Gasteiger partial charge in [0, 0.05) is 17.2 Å². The lowest BCUT2D eigenvalue weighted by atomic mass is 10.2. The largest absolute Gasteiger partial charge is 0.502 e. The molecule has 134 valence electrons. The highest BCUT2D eigenvalue weighted by Crippen LogP contribution is 2.35. The summed E-state index contributed by atoms with van der Waals surface area (Å²) in [5, 5.41) is 4.67. The molecule has 0 unspecified atom stereocenters. The average molecular weight is 353 g/mol. The maximum absolute atomic E-state index is 12.4. The fourth-order valence-corrected chi connectivity index (χ4v) is 2.08. The predicted octanol–water partition coefficient (Wildman–Crippen LogP) is 2.55. The second kappa shape index (κ2) is 8.57. The number of nitrogens with zero attached hydrogens (tertiary/aromatic N) is 1. The molecule has 0 heterocycles. The Hall–Kier alpha value is -3.48. The number of hydrogen-bond acceptors (Lipinski definition) is 4. The first-order chi connectivity index (χ1) is 12.5. The fourth-order valence-electron chi connectivity index (χ4n) is 2.08. The van der Waals surface area contributed by atoms with E-state index in [-0.39, 0.29) is 22.9 Å². The lowest BCUT2D eigenvalue weighted by Crippen LogP contribution is -2.54. The molecular weight excluding hydrogens is 334 g/mol. The van der Waals surface area contributed by atoms with E-state index in [2.05, 4.69) is 11.9 Å². The summed E-state index contributed by atoms with van der Waals surface area (Å²) in [7, 11) is 0. The summed E-state index contributed by atoms with van der Waals surface area (Å²) in [6.45, 7) is 7.13. The Kier molecular flexibility index (Phi) is 6.21. The van der Waals surface area contributed by atoms with Crippen LogP contribution >= 0.6 is 0 Å². The molecule has 2 rings (SSSR count). The van der Waals surface area contributed by atoms with Crippen molar-refractivity contribution in [1.82, 2.24) is 0 Å². The van der Waals surface area contributed by atoms with Crippen LogP contribution in [0, 0.1) is 0 Å². The summed E-state index contributed by atoms with van der Waals surface area (Å²) in [4.78, 5) is 24.2. The monoisotopic (exact) mass is 353 g/mol. The third kappa shape index (κ3) is 4.54. The zero-order valence-corrected chi connectivity index (χ0v) is 14.5. The maximum atomic E-state index is 12.4. The number of carbonyl (C=O) groups excluding carboxylic acids is 2. The fraction of sp³-hybridized carbons (Fsp3) is 0.158. The van der Waals surface area contributed by atoms with E-state index in [1.807, 2.05) is 5.11 Å². The molecule has 26 heavy (non-hydrogen) atoms. The van der Waals surface area contributed by atoms with Crippen LogP contribution in [0.4, 0.5) is 11.4 Å². The van der Waals surface area contributed by atoms with Gasteiger partial charge in [-0.3, -0.25) is 9.91 Å². The van der Waals surface area contributed by atoms with E-state index in [9.17, 15) is 15.1 Å². The Balaban J connectivity index is 2.41. The van der Waals surface area contributed by atoms with Crippen LogP contribution in [-0.4, -0.2) is 18.5 Å². The Morgan fingerprint density at radius 1 is 1.19 bits per heavy atom. The van der Waals surface area contributed by atoms with Crippen LogP contribution in [0.5, 0.6) is 11.5 Å². The zero-order valence-electron chi connectivity index (χ0n) is 14.5. The van der Waals surface area contributed by atoms with Crippen molar-refractivity contribution in [2.75, 3.05) is 11.9 Å². The first kappa shape index (κ1) is 18.9. The molecule has 0 aromatic heterocycles. The minimum absolute atomic E-state index is 0.0207. The number of hydrogen-bond donors (Lipinski definition) is 2. The minimum Gasteiger partial charge on any atom is -0.502 e. The van der Waals surface area contributed by atoms with Gasteiger partial charge in [0.15, 0.2) is 0 Å². The molecule has 0 saturated heterocycles. The van der Waals surface area contributed by atoms with Gasteiger partial charge in [0.1, 0.15) is 5.75 Å². The lowest BCUT2D eigenvalue weighted by Gasteiger charge is -2.14. The van der Waals surface area contributed by atoms with Gasteiger partial charge in [-0.1, -0.05) is 24.8 Å². The van der Waals surface area contributed by atoms with Crippen LogP contribution in [0.25, 0.3) is 5.53 Å². The van der Waals surface area contributed by atoms with Gasteiger partial charge in [-0.25, -0.2) is 4.79 Å². The molecule has 0 saturated carbocycles. The lowest BCUT2D eigenvalue weighted by molar-refractivity contribution is -0.380. The Bertz CT molecular complexity index is 847. The number of anilines is 1. The van der Waals surface area contributed by atoms with E-state index in [1.54, 1.807) is 37.3 Å². The second-order valence-corrected chi connectivity index (χ2v) is 5.38. The van der Waals surface area contributed by atoms with E-state index < -0.39 is 5.97 Å². The standard InChI is InChI=1S/C19H19N3O4/c1-4-25-16-11-15(22-20)17(26-19(24)12(2)3)10-14(16)21-18(23)13-8-6-5-7-9-13/h5-11,22H,2,4H2,1,3H3,(H,21,23). The van der Waals surface area contributed by atoms with Gasteiger partial charge >= 0.3 is 5.97 Å². The smallest absolute Gasteiger partial charge is 0.338 e. The van der Waals surface area contributed by atoms with Crippen LogP contribution in [0.2, 0.25) is 0 Å². The van der Waals surface area contributed by atoms with Crippen LogP contribution in [0.15, 0.2) is 54.6 Å². The summed E-state index contributed by atoms with van der Waals surface area (Å²) in [5.74, 6) is -0.685. The Morgan fingerprint density at radius 2 is 1.88 bits per heavy atom. The molecule has 0 bridgehead atoms. The molecule has 7 heteroatoms. The van der Waals surface area contributed by atoms with E-state index in [4.69, 9.17) is 9.47 Å². The number of carbonyl (C=O) groups is 2. The van der Waals surface area contributed by atoms with Crippen LogP contribution < -0.4 is 19.9 Å². The molecule has 1 amide bonds. The van der Waals surface area contributed by atoms with Crippen molar-refractivity contribution in [2.24, 2.45) is 0 Å². The quantitative estimate of drug-likeness (QED) is 0.346. The topological polar surface area (TPSA) is 101 Å². The summed E-state index contributed by atoms with van der Waals surface area (Å²) in [6.07, 6.45) is 0. The molecule has 0 aliphatic rings. The third-order valence-corrected chi connectivity index (χ3v) is 3.34. The molecule has 7 nitrogen and oxygen atoms in total. The molecule has 0 aliphatic heterocycles. The van der Waals surface area contributed by atoms with E-state index in [0.29, 0.717) is 23.6 Å². The minimum atomic E-state index is -0.661. The van der Waals surface area contributed by atoms with Gasteiger partial charge in [0.05, 0.1) is 18.4 Å². The highest BCUT2D eigenvalue weighted by Gasteiger charge is 2.19. The first-order valence-electron chi connectivity index (χ1n) is 7.91. The molecule has 0 aliphatic carbocycles. The first-order valence-corrected chi connectivity index (χ1v) is 7.91. The Morgan fingerprint density at radius 3 is 2.46 bits per heavy atom. The van der Waals surface area contributed by atoms with Crippen molar-refractivity contribution >= 4 is 23.3 Å². The molecule has 0 radical (unpaired) electrons. The van der Waals surface area contributed by atoms with Crippen LogP contribution in [0.3, 0.4) is 0 Å².